The molecule has 1 spiro atoms. The summed E-state index contributed by atoms with van der Waals surface area (Å²) < 4.78 is 122. The Labute approximate surface area is 235 Å². The van der Waals surface area contributed by atoms with Crippen molar-refractivity contribution in [2.45, 2.75) is 75.7 Å². The number of hydrogen-bond donors (Lipinski definition) is 0. The second-order valence-corrected chi connectivity index (χ2v) is 10.9. The van der Waals surface area contributed by atoms with Crippen molar-refractivity contribution >= 4 is 17.9 Å². The summed E-state index contributed by atoms with van der Waals surface area (Å²) in [4.78, 5) is 33.2. The molecule has 0 N–H and O–H groups in total. The molecule has 0 radical (unpaired) electrons. The average Bonchev–Trinajstić information content (AvgIpc) is 3.47. The first-order valence-electron chi connectivity index (χ1n) is 13.2. The second kappa shape index (κ2) is 12.7. The number of anilines is 1. The summed E-state index contributed by atoms with van der Waals surface area (Å²) in [5.41, 5.74) is -0.301. The Morgan fingerprint density at radius 1 is 0.952 bits per heavy atom. The van der Waals surface area contributed by atoms with Crippen LogP contribution in [0.2, 0.25) is 0 Å². The van der Waals surface area contributed by atoms with Gasteiger partial charge in [0.2, 0.25) is 0 Å². The third-order valence-corrected chi connectivity index (χ3v) is 7.97. The van der Waals surface area contributed by atoms with Crippen LogP contribution in [0.3, 0.4) is 0 Å². The molecule has 4 rings (SSSR count). The molecule has 1 aromatic carbocycles. The molecule has 1 amide bonds. The fourth-order valence-electron chi connectivity index (χ4n) is 5.91. The Bertz CT molecular complexity index is 1110. The molecule has 3 saturated heterocycles. The van der Waals surface area contributed by atoms with Gasteiger partial charge in [-0.05, 0) is 68.3 Å². The highest BCUT2D eigenvalue weighted by Crippen LogP contribution is 2.42. The van der Waals surface area contributed by atoms with Crippen molar-refractivity contribution in [2.24, 2.45) is 5.92 Å². The van der Waals surface area contributed by atoms with Crippen molar-refractivity contribution in [2.75, 3.05) is 37.6 Å². The summed E-state index contributed by atoms with van der Waals surface area (Å²) >= 11 is 0. The van der Waals surface area contributed by atoms with Gasteiger partial charge >= 0.3 is 30.8 Å². The molecule has 1 atom stereocenters. The zero-order valence-corrected chi connectivity index (χ0v) is 22.5. The molecule has 236 valence electrons. The van der Waals surface area contributed by atoms with Crippen LogP contribution in [0, 0.1) is 5.92 Å². The summed E-state index contributed by atoms with van der Waals surface area (Å²) in [5.74, 6) is 0.365. The number of rotatable bonds is 4. The summed E-state index contributed by atoms with van der Waals surface area (Å²) in [6, 6.07) is 4.02. The van der Waals surface area contributed by atoms with E-state index in [2.05, 4.69) is 4.74 Å². The number of carbonyl (C=O) groups is 1. The molecule has 0 aliphatic carbocycles. The number of piperidine rings is 1. The molecule has 3 heterocycles. The minimum absolute atomic E-state index is 0.128. The lowest BCUT2D eigenvalue weighted by Crippen LogP contribution is -2.54. The van der Waals surface area contributed by atoms with Gasteiger partial charge < -0.3 is 14.5 Å². The summed E-state index contributed by atoms with van der Waals surface area (Å²) in [5, 5.41) is 0. The van der Waals surface area contributed by atoms with E-state index < -0.39 is 41.8 Å². The van der Waals surface area contributed by atoms with Gasteiger partial charge in [0, 0.05) is 44.0 Å². The molecule has 7 nitrogen and oxygen atoms in total. The number of ether oxygens (including phenoxy) is 1. The maximum Gasteiger partial charge on any atom is 0.434 e. The maximum absolute atomic E-state index is 13.7. The third-order valence-electron chi connectivity index (χ3n) is 7.97. The van der Waals surface area contributed by atoms with E-state index in [-0.39, 0.29) is 38.6 Å². The van der Waals surface area contributed by atoms with Crippen LogP contribution >= 0.6 is 0 Å². The van der Waals surface area contributed by atoms with Crippen molar-refractivity contribution in [3.63, 3.8) is 0 Å². The van der Waals surface area contributed by atoms with E-state index >= 15 is 0 Å². The Kier molecular flexibility index (Phi) is 10.1. The molecule has 16 heteroatoms. The SMILES string of the molecule is CC1CCN(c2cc(CN3CCCC34CCN(C(=O)OC(C(F)(F)F)C(F)(F)F)CC4)cc(C(F)(F)F)c2)C1.O=C=O. The number of likely N-dealkylation sites (tertiary alicyclic amines) is 2. The minimum Gasteiger partial charge on any atom is -0.426 e. The first kappa shape index (κ1) is 33.5. The number of benzene rings is 1. The van der Waals surface area contributed by atoms with Crippen molar-refractivity contribution in [1.29, 1.82) is 0 Å². The van der Waals surface area contributed by atoms with Gasteiger partial charge in [0.1, 0.15) is 0 Å². The minimum atomic E-state index is -5.80. The molecule has 3 aliphatic rings. The lowest BCUT2D eigenvalue weighted by atomic mass is 9.84. The number of carbonyl (C=O) groups excluding carboxylic acids is 3. The Morgan fingerprint density at radius 2 is 1.55 bits per heavy atom. The molecule has 0 bridgehead atoms. The molecular weight excluding hydrogens is 589 g/mol. The molecule has 3 aliphatic heterocycles. The van der Waals surface area contributed by atoms with Gasteiger partial charge in [-0.2, -0.15) is 49.1 Å². The first-order valence-corrected chi connectivity index (χ1v) is 13.2. The van der Waals surface area contributed by atoms with E-state index in [1.807, 2.05) is 16.7 Å². The van der Waals surface area contributed by atoms with E-state index in [9.17, 15) is 44.3 Å². The van der Waals surface area contributed by atoms with Crippen LogP contribution in [0.5, 0.6) is 0 Å². The maximum atomic E-state index is 13.7. The number of alkyl halides is 9. The Morgan fingerprint density at radius 3 is 2.05 bits per heavy atom. The standard InChI is InChI=1S/C25H30F9N3O2.CO2/c1-16-3-8-36(14-16)19-12-17(11-18(13-19)23(26,27)28)15-37-7-2-4-22(37)5-9-35(10-6-22)21(38)39-20(24(29,30)31)25(32,33)34;2-1-3/h11-13,16,20H,2-10,14-15H2,1H3;. The predicted octanol–water partition coefficient (Wildman–Crippen LogP) is 6.03. The van der Waals surface area contributed by atoms with Crippen molar-refractivity contribution in [3.8, 4) is 0 Å². The highest BCUT2D eigenvalue weighted by atomic mass is 19.4. The number of nitrogens with zero attached hydrogens (tertiary/aromatic N) is 3. The highest BCUT2D eigenvalue weighted by molar-refractivity contribution is 5.68. The van der Waals surface area contributed by atoms with Crippen LogP contribution in [-0.4, -0.2) is 78.8 Å². The van der Waals surface area contributed by atoms with E-state index in [0.717, 1.165) is 29.9 Å². The molecular formula is C26H30F9N3O4. The monoisotopic (exact) mass is 619 g/mol. The average molecular weight is 620 g/mol. The normalized spacial score (nSPS) is 21.4. The number of amides is 1. The summed E-state index contributed by atoms with van der Waals surface area (Å²) in [6.45, 7) is 3.87. The molecule has 3 fully saturated rings. The summed E-state index contributed by atoms with van der Waals surface area (Å²) in [7, 11) is 0. The molecule has 0 aromatic heterocycles. The molecule has 1 unspecified atom stereocenters. The first-order chi connectivity index (χ1) is 19.4. The van der Waals surface area contributed by atoms with Crippen LogP contribution < -0.4 is 4.90 Å². The number of halogens is 9. The molecule has 1 aromatic rings. The second-order valence-electron chi connectivity index (χ2n) is 10.9. The van der Waals surface area contributed by atoms with Gasteiger partial charge in [-0.1, -0.05) is 6.92 Å². The zero-order valence-electron chi connectivity index (χ0n) is 22.5. The summed E-state index contributed by atoms with van der Waals surface area (Å²) in [6.07, 6.45) is -19.0. The van der Waals surface area contributed by atoms with Gasteiger partial charge in [-0.3, -0.25) is 4.90 Å². The van der Waals surface area contributed by atoms with E-state index in [1.54, 1.807) is 6.07 Å². The van der Waals surface area contributed by atoms with Crippen LogP contribution in [0.15, 0.2) is 18.2 Å². The van der Waals surface area contributed by atoms with Crippen molar-refractivity contribution < 1.29 is 58.6 Å². The Balaban J connectivity index is 0.00000155. The van der Waals surface area contributed by atoms with Crippen LogP contribution in [0.4, 0.5) is 50.0 Å². The quantitative estimate of drug-likeness (QED) is 0.384. The van der Waals surface area contributed by atoms with Crippen LogP contribution in [0.25, 0.3) is 0 Å². The largest absolute Gasteiger partial charge is 0.434 e. The number of hydrogen-bond acceptors (Lipinski definition) is 6. The fraction of sp³-hybridized carbons (Fsp3) is 0.692. The van der Waals surface area contributed by atoms with Gasteiger partial charge in [-0.15, -0.1) is 0 Å². The molecule has 0 saturated carbocycles. The lowest BCUT2D eigenvalue weighted by molar-refractivity contribution is -0.308. The van der Waals surface area contributed by atoms with Gasteiger partial charge in [0.05, 0.1) is 5.56 Å². The Hall–Kier alpha value is -3.00. The van der Waals surface area contributed by atoms with Gasteiger partial charge in [-0.25, -0.2) is 4.79 Å². The van der Waals surface area contributed by atoms with Crippen LogP contribution in [-0.2, 0) is 27.0 Å². The highest BCUT2D eigenvalue weighted by Gasteiger charge is 2.60. The molecule has 42 heavy (non-hydrogen) atoms. The van der Waals surface area contributed by atoms with Gasteiger partial charge in [0.15, 0.2) is 0 Å². The van der Waals surface area contributed by atoms with E-state index in [1.165, 1.54) is 0 Å². The predicted molar refractivity (Wildman–Crippen MR) is 128 cm³/mol. The van der Waals surface area contributed by atoms with Gasteiger partial charge in [0.25, 0.3) is 6.10 Å². The third kappa shape index (κ3) is 8.09. The van der Waals surface area contributed by atoms with Crippen molar-refractivity contribution in [1.82, 2.24) is 9.80 Å². The smallest absolute Gasteiger partial charge is 0.426 e. The van der Waals surface area contributed by atoms with Crippen LogP contribution in [0.1, 0.15) is 50.2 Å². The topological polar surface area (TPSA) is 70.2 Å². The lowest BCUT2D eigenvalue weighted by Gasteiger charge is -2.45. The van der Waals surface area contributed by atoms with E-state index in [4.69, 9.17) is 9.59 Å². The zero-order chi connectivity index (χ0) is 31.5. The van der Waals surface area contributed by atoms with Crippen molar-refractivity contribution in [3.05, 3.63) is 29.3 Å². The fourth-order valence-corrected chi connectivity index (χ4v) is 5.91. The van der Waals surface area contributed by atoms with E-state index in [0.29, 0.717) is 43.2 Å².